The fraction of sp³-hybridized carbons (Fsp3) is 0.240. The van der Waals surface area contributed by atoms with E-state index in [0.29, 0.717) is 4.90 Å². The van der Waals surface area contributed by atoms with Crippen LogP contribution in [0.15, 0.2) is 78.0 Å². The lowest BCUT2D eigenvalue weighted by molar-refractivity contribution is 0.170. The Morgan fingerprint density at radius 1 is 1.00 bits per heavy atom. The van der Waals surface area contributed by atoms with E-state index in [9.17, 15) is 12.8 Å². The Morgan fingerprint density at radius 2 is 1.76 bits per heavy atom. The Labute approximate surface area is 192 Å². The van der Waals surface area contributed by atoms with Gasteiger partial charge in [0.2, 0.25) is 0 Å². The number of aromatic nitrogens is 2. The summed E-state index contributed by atoms with van der Waals surface area (Å²) in [5, 5.41) is 0.841. The average molecular weight is 466 g/mol. The fourth-order valence-electron chi connectivity index (χ4n) is 4.21. The Hall–Kier alpha value is -3.39. The summed E-state index contributed by atoms with van der Waals surface area (Å²) in [5.41, 5.74) is 1.92. The van der Waals surface area contributed by atoms with Crippen molar-refractivity contribution < 1.29 is 17.5 Å². The smallest absolute Gasteiger partial charge is 0.175 e. The van der Waals surface area contributed by atoms with Crippen molar-refractivity contribution in [1.82, 2.24) is 9.55 Å². The molecule has 0 unspecified atom stereocenters. The predicted molar refractivity (Wildman–Crippen MR) is 126 cm³/mol. The molecule has 2 aromatic heterocycles. The average Bonchev–Trinajstić information content (AvgIpc) is 3.24. The zero-order valence-corrected chi connectivity index (χ0v) is 19.0. The van der Waals surface area contributed by atoms with Crippen molar-refractivity contribution in [2.24, 2.45) is 0 Å². The number of fused-ring (bicyclic) bond motifs is 1. The second kappa shape index (κ2) is 8.51. The minimum atomic E-state index is -3.25. The monoisotopic (exact) mass is 465 g/mol. The third-order valence-electron chi connectivity index (χ3n) is 5.99. The molecule has 2 aromatic carbocycles. The molecule has 0 bridgehead atoms. The molecule has 0 atom stereocenters. The predicted octanol–water partition coefficient (Wildman–Crippen LogP) is 4.62. The van der Waals surface area contributed by atoms with Gasteiger partial charge in [-0.1, -0.05) is 0 Å². The fourth-order valence-corrected chi connectivity index (χ4v) is 4.87. The van der Waals surface area contributed by atoms with Crippen LogP contribution >= 0.6 is 0 Å². The molecule has 5 rings (SSSR count). The second-order valence-electron chi connectivity index (χ2n) is 8.31. The Kier molecular flexibility index (Phi) is 5.54. The van der Waals surface area contributed by atoms with Gasteiger partial charge in [-0.2, -0.15) is 0 Å². The van der Waals surface area contributed by atoms with Crippen molar-refractivity contribution in [2.45, 2.75) is 23.8 Å². The highest BCUT2D eigenvalue weighted by atomic mass is 32.2. The third-order valence-corrected chi connectivity index (χ3v) is 7.10. The van der Waals surface area contributed by atoms with Crippen LogP contribution in [0.1, 0.15) is 12.8 Å². The first kappa shape index (κ1) is 21.5. The van der Waals surface area contributed by atoms with Crippen LogP contribution < -0.4 is 9.64 Å². The zero-order chi connectivity index (χ0) is 23.0. The molecule has 170 valence electrons. The molecule has 0 amide bonds. The first-order valence-corrected chi connectivity index (χ1v) is 12.7. The molecular formula is C25H24FN3O3S. The largest absolute Gasteiger partial charge is 0.489 e. The van der Waals surface area contributed by atoms with Gasteiger partial charge >= 0.3 is 0 Å². The van der Waals surface area contributed by atoms with Crippen molar-refractivity contribution in [3.63, 3.8) is 0 Å². The topological polar surface area (TPSA) is 64.4 Å². The number of piperidine rings is 1. The van der Waals surface area contributed by atoms with E-state index in [-0.39, 0.29) is 11.9 Å². The minimum absolute atomic E-state index is 0.108. The lowest BCUT2D eigenvalue weighted by Gasteiger charge is -2.33. The molecule has 4 aromatic rings. The second-order valence-corrected chi connectivity index (χ2v) is 10.3. The molecule has 1 aliphatic heterocycles. The minimum Gasteiger partial charge on any atom is -0.489 e. The lowest BCUT2D eigenvalue weighted by Crippen LogP contribution is -2.38. The van der Waals surface area contributed by atoms with Crippen LogP contribution in [0.2, 0.25) is 0 Å². The number of ether oxygens (including phenoxy) is 1. The van der Waals surface area contributed by atoms with Crippen molar-refractivity contribution in [3.8, 4) is 11.6 Å². The van der Waals surface area contributed by atoms with E-state index in [1.54, 1.807) is 24.4 Å². The summed E-state index contributed by atoms with van der Waals surface area (Å²) in [7, 11) is -3.25. The van der Waals surface area contributed by atoms with E-state index in [2.05, 4.69) is 9.88 Å². The van der Waals surface area contributed by atoms with E-state index >= 15 is 0 Å². The van der Waals surface area contributed by atoms with Crippen LogP contribution in [0.3, 0.4) is 0 Å². The van der Waals surface area contributed by atoms with Crippen molar-refractivity contribution in [2.75, 3.05) is 24.2 Å². The van der Waals surface area contributed by atoms with Crippen LogP contribution in [0.25, 0.3) is 16.7 Å². The molecule has 1 fully saturated rings. The number of halogens is 1. The molecule has 8 heteroatoms. The van der Waals surface area contributed by atoms with Crippen LogP contribution in [0, 0.1) is 5.82 Å². The van der Waals surface area contributed by atoms with E-state index < -0.39 is 9.84 Å². The Balaban J connectivity index is 1.25. The lowest BCUT2D eigenvalue weighted by atomic mass is 10.1. The molecule has 6 nitrogen and oxygen atoms in total. The van der Waals surface area contributed by atoms with Gasteiger partial charge in [0.05, 0.1) is 16.6 Å². The van der Waals surface area contributed by atoms with E-state index in [1.165, 1.54) is 18.4 Å². The molecule has 1 saturated heterocycles. The molecule has 33 heavy (non-hydrogen) atoms. The molecule has 0 spiro atoms. The highest BCUT2D eigenvalue weighted by Gasteiger charge is 2.21. The number of hydrogen-bond acceptors (Lipinski definition) is 5. The van der Waals surface area contributed by atoms with Crippen molar-refractivity contribution in [3.05, 3.63) is 78.9 Å². The maximum atomic E-state index is 13.1. The maximum absolute atomic E-state index is 13.1. The molecule has 0 aliphatic carbocycles. The first-order chi connectivity index (χ1) is 15.9. The summed E-state index contributed by atoms with van der Waals surface area (Å²) in [4.78, 5) is 7.10. The molecule has 0 N–H and O–H groups in total. The summed E-state index contributed by atoms with van der Waals surface area (Å²) < 4.78 is 44.8. The summed E-state index contributed by atoms with van der Waals surface area (Å²) in [6.07, 6.45) is 6.67. The van der Waals surface area contributed by atoms with Crippen molar-refractivity contribution in [1.29, 1.82) is 0 Å². The van der Waals surface area contributed by atoms with Crippen LogP contribution in [0.5, 0.6) is 5.75 Å². The Morgan fingerprint density at radius 3 is 2.42 bits per heavy atom. The van der Waals surface area contributed by atoms with E-state index in [4.69, 9.17) is 4.74 Å². The van der Waals surface area contributed by atoms with Gasteiger partial charge in [0.1, 0.15) is 23.5 Å². The number of anilines is 1. The summed E-state index contributed by atoms with van der Waals surface area (Å²) >= 11 is 0. The summed E-state index contributed by atoms with van der Waals surface area (Å²) in [6.45, 7) is 1.71. The highest BCUT2D eigenvalue weighted by Crippen LogP contribution is 2.26. The molecule has 1 aliphatic rings. The van der Waals surface area contributed by atoms with Gasteiger partial charge in [-0.3, -0.25) is 0 Å². The number of nitrogens with zero attached hydrogens (tertiary/aromatic N) is 3. The quantitative estimate of drug-likeness (QED) is 0.431. The van der Waals surface area contributed by atoms with Crippen LogP contribution in [0.4, 0.5) is 10.1 Å². The molecule has 3 heterocycles. The molecular weight excluding hydrogens is 441 g/mol. The number of pyridine rings is 1. The SMILES string of the molecule is CS(=O)(=O)c1ccc2c(ccn2-c2ccc(OC3CCN(c4ccc(F)cc4)CC3)cn2)c1. The van der Waals surface area contributed by atoms with Gasteiger partial charge in [-0.15, -0.1) is 0 Å². The van der Waals surface area contributed by atoms with Gasteiger partial charge in [-0.25, -0.2) is 17.8 Å². The third kappa shape index (κ3) is 4.57. The molecule has 0 saturated carbocycles. The zero-order valence-electron chi connectivity index (χ0n) is 18.2. The summed E-state index contributed by atoms with van der Waals surface area (Å²) in [6, 6.07) is 17.4. The van der Waals surface area contributed by atoms with Gasteiger partial charge in [0, 0.05) is 49.5 Å². The molecule has 0 radical (unpaired) electrons. The van der Waals surface area contributed by atoms with E-state index in [0.717, 1.165) is 54.1 Å². The van der Waals surface area contributed by atoms with Gasteiger partial charge < -0.3 is 14.2 Å². The van der Waals surface area contributed by atoms with Gasteiger partial charge in [0.25, 0.3) is 0 Å². The number of rotatable bonds is 5. The normalized spacial score (nSPS) is 15.2. The first-order valence-electron chi connectivity index (χ1n) is 10.8. The maximum Gasteiger partial charge on any atom is 0.175 e. The van der Waals surface area contributed by atoms with Crippen LogP contribution in [-0.4, -0.2) is 43.4 Å². The van der Waals surface area contributed by atoms with Gasteiger partial charge in [0.15, 0.2) is 9.84 Å². The standard InChI is InChI=1S/C25H24FN3O3S/c1-33(30,31)23-7-8-24-18(16-23)10-15-29(24)25-9-6-22(17-27-25)32-21-11-13-28(14-12-21)20-4-2-19(26)3-5-20/h2-10,15-17,21H,11-14H2,1H3. The number of benzene rings is 2. The number of sulfone groups is 1. The van der Waals surface area contributed by atoms with Gasteiger partial charge in [-0.05, 0) is 60.7 Å². The highest BCUT2D eigenvalue weighted by molar-refractivity contribution is 7.90. The van der Waals surface area contributed by atoms with E-state index in [1.807, 2.05) is 41.1 Å². The number of hydrogen-bond donors (Lipinski definition) is 0. The summed E-state index contributed by atoms with van der Waals surface area (Å²) in [5.74, 6) is 1.23. The van der Waals surface area contributed by atoms with Crippen molar-refractivity contribution >= 4 is 26.4 Å². The van der Waals surface area contributed by atoms with Crippen LogP contribution in [-0.2, 0) is 9.84 Å². The Bertz CT molecular complexity index is 1370.